The second-order valence-electron chi connectivity index (χ2n) is 15.0. The van der Waals surface area contributed by atoms with Crippen LogP contribution >= 0.6 is 0 Å². The predicted octanol–water partition coefficient (Wildman–Crippen LogP) is 4.06. The van der Waals surface area contributed by atoms with Crippen LogP contribution < -0.4 is 0 Å². The molecule has 222 valence electrons. The van der Waals surface area contributed by atoms with Crippen LogP contribution in [0.5, 0.6) is 0 Å². The highest BCUT2D eigenvalue weighted by Crippen LogP contribution is 2.53. The molecule has 8 heteroatoms. The lowest BCUT2D eigenvalue weighted by atomic mass is 9.74. The van der Waals surface area contributed by atoms with Crippen molar-refractivity contribution >= 4 is 0 Å². The van der Waals surface area contributed by atoms with Gasteiger partial charge in [0, 0.05) is 47.8 Å². The molecule has 0 amide bonds. The molecule has 0 aromatic carbocycles. The van der Waals surface area contributed by atoms with E-state index in [0.29, 0.717) is 32.3 Å². The first-order valence-electron chi connectivity index (χ1n) is 15.0. The van der Waals surface area contributed by atoms with E-state index in [4.69, 9.17) is 18.9 Å². The largest absolute Gasteiger partial charge is 0.394 e. The van der Waals surface area contributed by atoms with Crippen LogP contribution in [0, 0.1) is 0 Å². The Morgan fingerprint density at radius 1 is 0.711 bits per heavy atom. The van der Waals surface area contributed by atoms with Crippen LogP contribution in [0.4, 0.5) is 0 Å². The van der Waals surface area contributed by atoms with Gasteiger partial charge in [-0.3, -0.25) is 9.80 Å². The number of ether oxygens (including phenoxy) is 4. The Balaban J connectivity index is 1.63. The van der Waals surface area contributed by atoms with Crippen molar-refractivity contribution in [2.24, 2.45) is 0 Å². The van der Waals surface area contributed by atoms with E-state index in [1.54, 1.807) is 0 Å². The molecule has 4 rings (SSSR count). The Bertz CT molecular complexity index is 805. The third kappa shape index (κ3) is 5.46. The normalized spacial score (nSPS) is 36.2. The Labute approximate surface area is 231 Å². The second kappa shape index (κ2) is 10.2. The van der Waals surface area contributed by atoms with Gasteiger partial charge in [-0.25, -0.2) is 0 Å². The fourth-order valence-corrected chi connectivity index (χ4v) is 8.88. The molecule has 0 aromatic heterocycles. The van der Waals surface area contributed by atoms with Gasteiger partial charge in [0.25, 0.3) is 0 Å². The van der Waals surface area contributed by atoms with E-state index < -0.39 is 36.5 Å². The van der Waals surface area contributed by atoms with Gasteiger partial charge in [0.2, 0.25) is 0 Å². The zero-order valence-electron chi connectivity index (χ0n) is 25.8. The van der Waals surface area contributed by atoms with E-state index in [1.807, 2.05) is 0 Å². The molecule has 2 N–H and O–H groups in total. The molecule has 0 unspecified atom stereocenters. The van der Waals surface area contributed by atoms with E-state index in [9.17, 15) is 10.2 Å². The lowest BCUT2D eigenvalue weighted by Gasteiger charge is -2.65. The fraction of sp³-hybridized carbons (Fsp3) is 1.00. The molecule has 4 fully saturated rings. The van der Waals surface area contributed by atoms with E-state index in [1.165, 1.54) is 0 Å². The molecule has 0 aliphatic carbocycles. The highest BCUT2D eigenvalue weighted by atomic mass is 16.8. The fourth-order valence-electron chi connectivity index (χ4n) is 8.88. The van der Waals surface area contributed by atoms with Crippen LogP contribution in [0.2, 0.25) is 0 Å². The summed E-state index contributed by atoms with van der Waals surface area (Å²) in [6.07, 6.45) is 2.23. The summed E-state index contributed by atoms with van der Waals surface area (Å²) in [5.41, 5.74) is -0.602. The molecule has 8 nitrogen and oxygen atoms in total. The molecule has 38 heavy (non-hydrogen) atoms. The molecule has 4 atom stereocenters. The van der Waals surface area contributed by atoms with Gasteiger partial charge < -0.3 is 29.2 Å². The van der Waals surface area contributed by atoms with Crippen molar-refractivity contribution in [3.63, 3.8) is 0 Å². The van der Waals surface area contributed by atoms with Gasteiger partial charge in [-0.05, 0) is 81.3 Å². The zero-order chi connectivity index (χ0) is 28.4. The molecule has 0 aromatic rings. The summed E-state index contributed by atoms with van der Waals surface area (Å²) in [6.45, 7) is 24.5. The van der Waals surface area contributed by atoms with Crippen LogP contribution in [-0.4, -0.2) is 104 Å². The van der Waals surface area contributed by atoms with Gasteiger partial charge in [0.05, 0.1) is 13.2 Å². The number of aliphatic hydroxyl groups is 2. The molecular formula is C30H56N2O6. The second-order valence-corrected chi connectivity index (χ2v) is 15.0. The lowest BCUT2D eigenvalue weighted by molar-refractivity contribution is -0.450. The first kappa shape index (κ1) is 30.6. The van der Waals surface area contributed by atoms with Gasteiger partial charge >= 0.3 is 0 Å². The molecular weight excluding hydrogens is 484 g/mol. The van der Waals surface area contributed by atoms with Crippen LogP contribution in [0.25, 0.3) is 0 Å². The number of piperidine rings is 2. The number of likely N-dealkylation sites (tertiary alicyclic amines) is 2. The van der Waals surface area contributed by atoms with Crippen molar-refractivity contribution in [2.45, 2.75) is 166 Å². The van der Waals surface area contributed by atoms with Gasteiger partial charge in [-0.1, -0.05) is 13.8 Å². The van der Waals surface area contributed by atoms with Crippen molar-refractivity contribution in [1.29, 1.82) is 0 Å². The van der Waals surface area contributed by atoms with Gasteiger partial charge in [0.1, 0.15) is 24.4 Å². The molecule has 0 bridgehead atoms. The Morgan fingerprint density at radius 3 is 1.58 bits per heavy atom. The molecule has 0 saturated carbocycles. The number of hydrogen-bond acceptors (Lipinski definition) is 8. The van der Waals surface area contributed by atoms with Crippen molar-refractivity contribution in [3.8, 4) is 0 Å². The minimum absolute atomic E-state index is 0.132. The minimum Gasteiger partial charge on any atom is -0.394 e. The summed E-state index contributed by atoms with van der Waals surface area (Å²) in [4.78, 5) is 5.12. The van der Waals surface area contributed by atoms with Crippen molar-refractivity contribution in [2.75, 3.05) is 26.3 Å². The highest BCUT2D eigenvalue weighted by molar-refractivity contribution is 5.10. The van der Waals surface area contributed by atoms with E-state index >= 15 is 0 Å². The first-order valence-corrected chi connectivity index (χ1v) is 15.0. The SMILES string of the molecule is CCCN1C(C)(C)CC2(CC1(C)C)OC[C@@H]1OC3(CC(C)(C)N(CCC)C(C)(C)C3)O[C@H]([C@H](O)CO)[C@@H]1O2. The van der Waals surface area contributed by atoms with Gasteiger partial charge in [-0.15, -0.1) is 0 Å². The molecule has 4 saturated heterocycles. The van der Waals surface area contributed by atoms with E-state index in [0.717, 1.165) is 25.9 Å². The average Bonchev–Trinajstić information content (AvgIpc) is 2.77. The number of fused-ring (bicyclic) bond motifs is 1. The average molecular weight is 541 g/mol. The van der Waals surface area contributed by atoms with Crippen molar-refractivity contribution in [3.05, 3.63) is 0 Å². The smallest absolute Gasteiger partial charge is 0.173 e. The number of nitrogens with zero attached hydrogens (tertiary/aromatic N) is 2. The molecule has 4 heterocycles. The lowest BCUT2D eigenvalue weighted by Crippen LogP contribution is -2.75. The van der Waals surface area contributed by atoms with Crippen LogP contribution in [0.1, 0.15) is 108 Å². The highest BCUT2D eigenvalue weighted by Gasteiger charge is 2.64. The standard InChI is InChI=1S/C30H56N2O6/c1-11-13-31-25(3,4)17-29(18-26(31,5)6)35-16-22-24(38-29)23(21(34)15-33)37-30(36-22)19-27(7,8)32(14-12-2)28(9,10)20-30/h21-24,33-34H,11-20H2,1-10H3/t21-,22+,23-,24-/m1/s1. The summed E-state index contributed by atoms with van der Waals surface area (Å²) >= 11 is 0. The quantitative estimate of drug-likeness (QED) is 0.522. The minimum atomic E-state index is -1.07. The van der Waals surface area contributed by atoms with E-state index in [-0.39, 0.29) is 28.3 Å². The van der Waals surface area contributed by atoms with E-state index in [2.05, 4.69) is 79.0 Å². The Kier molecular flexibility index (Phi) is 8.22. The molecule has 0 radical (unpaired) electrons. The molecule has 4 aliphatic rings. The zero-order valence-corrected chi connectivity index (χ0v) is 25.8. The van der Waals surface area contributed by atoms with Crippen molar-refractivity contribution < 1.29 is 29.2 Å². The third-order valence-corrected chi connectivity index (χ3v) is 9.46. The van der Waals surface area contributed by atoms with Gasteiger partial charge in [-0.2, -0.15) is 0 Å². The summed E-state index contributed by atoms with van der Waals surface area (Å²) < 4.78 is 27.1. The maximum absolute atomic E-state index is 11.1. The molecule has 2 spiro atoms. The number of rotatable bonds is 6. The molecule has 4 aliphatic heterocycles. The Morgan fingerprint density at radius 2 is 1.16 bits per heavy atom. The summed E-state index contributed by atoms with van der Waals surface area (Å²) in [7, 11) is 0. The maximum Gasteiger partial charge on any atom is 0.173 e. The number of aliphatic hydroxyl groups excluding tert-OH is 2. The summed E-state index contributed by atoms with van der Waals surface area (Å²) in [5.74, 6) is -1.69. The summed E-state index contributed by atoms with van der Waals surface area (Å²) in [6, 6.07) is 0. The van der Waals surface area contributed by atoms with Crippen molar-refractivity contribution in [1.82, 2.24) is 9.80 Å². The number of hydrogen-bond donors (Lipinski definition) is 2. The predicted molar refractivity (Wildman–Crippen MR) is 148 cm³/mol. The van der Waals surface area contributed by atoms with Crippen LogP contribution in [0.15, 0.2) is 0 Å². The topological polar surface area (TPSA) is 83.9 Å². The third-order valence-electron chi connectivity index (χ3n) is 9.46. The summed E-state index contributed by atoms with van der Waals surface area (Å²) in [5, 5.41) is 21.1. The van der Waals surface area contributed by atoms with Crippen LogP contribution in [-0.2, 0) is 18.9 Å². The van der Waals surface area contributed by atoms with Crippen LogP contribution in [0.3, 0.4) is 0 Å². The first-order chi connectivity index (χ1) is 17.5. The Hall–Kier alpha value is -0.320. The van der Waals surface area contributed by atoms with Gasteiger partial charge in [0.15, 0.2) is 11.6 Å². The monoisotopic (exact) mass is 540 g/mol. The maximum atomic E-state index is 11.1.